The zero-order valence-electron chi connectivity index (χ0n) is 14.1. The number of halogens is 1. The van der Waals surface area contributed by atoms with Crippen LogP contribution in [0.1, 0.15) is 22.4 Å². The number of fused-ring (bicyclic) bond motifs is 1. The number of hydrogen-bond acceptors (Lipinski definition) is 4. The molecule has 25 heavy (non-hydrogen) atoms. The highest BCUT2D eigenvalue weighted by Crippen LogP contribution is 2.23. The van der Waals surface area contributed by atoms with Crippen molar-refractivity contribution < 1.29 is 0 Å². The second-order valence-corrected chi connectivity index (χ2v) is 6.87. The Bertz CT molecular complexity index is 892. The first-order valence-electron chi connectivity index (χ1n) is 8.41. The molecule has 0 unspecified atom stereocenters. The highest BCUT2D eigenvalue weighted by atomic mass is 35.5. The van der Waals surface area contributed by atoms with E-state index in [4.69, 9.17) is 16.6 Å². The lowest BCUT2D eigenvalue weighted by atomic mass is 10.0. The van der Waals surface area contributed by atoms with Crippen LogP contribution in [0.5, 0.6) is 0 Å². The molecule has 1 aliphatic rings. The maximum atomic E-state index is 5.96. The number of aromatic nitrogens is 3. The van der Waals surface area contributed by atoms with Crippen LogP contribution in [0.4, 0.5) is 0 Å². The van der Waals surface area contributed by atoms with Gasteiger partial charge in [-0.3, -0.25) is 9.88 Å². The maximum absolute atomic E-state index is 5.96. The summed E-state index contributed by atoms with van der Waals surface area (Å²) in [7, 11) is 0. The third-order valence-electron chi connectivity index (χ3n) is 4.66. The molecule has 3 aromatic rings. The second-order valence-electron chi connectivity index (χ2n) is 6.44. The minimum atomic E-state index is 0.725. The van der Waals surface area contributed by atoms with Gasteiger partial charge in [0.1, 0.15) is 0 Å². The van der Waals surface area contributed by atoms with E-state index < -0.39 is 0 Å². The molecular weight excluding hydrogens is 332 g/mol. The van der Waals surface area contributed by atoms with Crippen LogP contribution in [-0.4, -0.2) is 26.4 Å². The Labute approximate surface area is 152 Å². The Morgan fingerprint density at radius 3 is 2.76 bits per heavy atom. The smallest absolute Gasteiger partial charge is 0.159 e. The summed E-state index contributed by atoms with van der Waals surface area (Å²) in [5.74, 6) is 0.770. The van der Waals surface area contributed by atoms with Gasteiger partial charge >= 0.3 is 0 Å². The molecule has 0 saturated heterocycles. The predicted molar refractivity (Wildman–Crippen MR) is 99.3 cm³/mol. The number of aryl methyl sites for hydroxylation is 1. The van der Waals surface area contributed by atoms with E-state index in [1.54, 1.807) is 0 Å². The summed E-state index contributed by atoms with van der Waals surface area (Å²) in [6, 6.07) is 9.73. The summed E-state index contributed by atoms with van der Waals surface area (Å²) in [4.78, 5) is 16.0. The van der Waals surface area contributed by atoms with Gasteiger partial charge in [-0.15, -0.1) is 0 Å². The largest absolute Gasteiger partial charge is 0.294 e. The number of rotatable bonds is 3. The molecular formula is C20H19ClN4. The molecule has 4 rings (SSSR count). The summed E-state index contributed by atoms with van der Waals surface area (Å²) in [6.45, 7) is 4.93. The third-order valence-corrected chi connectivity index (χ3v) is 4.91. The van der Waals surface area contributed by atoms with Crippen LogP contribution < -0.4 is 0 Å². The van der Waals surface area contributed by atoms with Crippen LogP contribution in [0, 0.1) is 6.92 Å². The minimum absolute atomic E-state index is 0.725. The lowest BCUT2D eigenvalue weighted by molar-refractivity contribution is 0.242. The fraction of sp³-hybridized carbons (Fsp3) is 0.250. The zero-order chi connectivity index (χ0) is 17.2. The minimum Gasteiger partial charge on any atom is -0.294 e. The van der Waals surface area contributed by atoms with E-state index in [2.05, 4.69) is 27.9 Å². The molecule has 0 atom stereocenters. The summed E-state index contributed by atoms with van der Waals surface area (Å²) in [6.07, 6.45) is 6.72. The average Bonchev–Trinajstić information content (AvgIpc) is 2.64. The van der Waals surface area contributed by atoms with Crippen LogP contribution in [-0.2, 0) is 19.5 Å². The van der Waals surface area contributed by atoms with Gasteiger partial charge in [-0.2, -0.15) is 0 Å². The van der Waals surface area contributed by atoms with Crippen molar-refractivity contribution in [1.82, 2.24) is 19.9 Å². The Morgan fingerprint density at radius 1 is 1.12 bits per heavy atom. The SMILES string of the molecule is Cc1ccncc1CN1CCc2nc(-c3ccc(Cl)cc3)ncc2C1. The fourth-order valence-corrected chi connectivity index (χ4v) is 3.28. The number of nitrogens with zero attached hydrogens (tertiary/aromatic N) is 4. The van der Waals surface area contributed by atoms with E-state index in [1.165, 1.54) is 16.7 Å². The Morgan fingerprint density at radius 2 is 1.96 bits per heavy atom. The average molecular weight is 351 g/mol. The Kier molecular flexibility index (Phi) is 4.47. The number of benzene rings is 1. The Hall–Kier alpha value is -2.30. The van der Waals surface area contributed by atoms with E-state index in [9.17, 15) is 0 Å². The molecule has 4 nitrogen and oxygen atoms in total. The van der Waals surface area contributed by atoms with E-state index in [0.29, 0.717) is 0 Å². The van der Waals surface area contributed by atoms with E-state index >= 15 is 0 Å². The molecule has 0 N–H and O–H groups in total. The lowest BCUT2D eigenvalue weighted by Gasteiger charge is -2.28. The first-order valence-corrected chi connectivity index (χ1v) is 8.79. The van der Waals surface area contributed by atoms with Crippen molar-refractivity contribution >= 4 is 11.6 Å². The second kappa shape index (κ2) is 6.90. The molecule has 0 aliphatic carbocycles. The first-order chi connectivity index (χ1) is 12.2. The monoisotopic (exact) mass is 350 g/mol. The molecule has 0 bridgehead atoms. The van der Waals surface area contributed by atoms with Crippen molar-refractivity contribution in [2.75, 3.05) is 6.54 Å². The van der Waals surface area contributed by atoms with E-state index in [1.807, 2.05) is 42.9 Å². The van der Waals surface area contributed by atoms with Gasteiger partial charge in [0.05, 0.1) is 5.69 Å². The topological polar surface area (TPSA) is 41.9 Å². The molecule has 2 aromatic heterocycles. The summed E-state index contributed by atoms with van der Waals surface area (Å²) in [5.41, 5.74) is 5.94. The van der Waals surface area contributed by atoms with Crippen LogP contribution in [0.3, 0.4) is 0 Å². The summed E-state index contributed by atoms with van der Waals surface area (Å²) in [5, 5.41) is 0.725. The van der Waals surface area contributed by atoms with Crippen LogP contribution in [0.25, 0.3) is 11.4 Å². The van der Waals surface area contributed by atoms with Gasteiger partial charge in [-0.25, -0.2) is 9.97 Å². The molecule has 3 heterocycles. The molecule has 5 heteroatoms. The maximum Gasteiger partial charge on any atom is 0.159 e. The molecule has 1 aromatic carbocycles. The third kappa shape index (κ3) is 3.55. The van der Waals surface area contributed by atoms with Gasteiger partial charge in [-0.1, -0.05) is 11.6 Å². The quantitative estimate of drug-likeness (QED) is 0.714. The molecule has 0 saturated carbocycles. The fourth-order valence-electron chi connectivity index (χ4n) is 3.15. The summed E-state index contributed by atoms with van der Waals surface area (Å²) >= 11 is 5.96. The van der Waals surface area contributed by atoms with Crippen molar-refractivity contribution in [2.45, 2.75) is 26.4 Å². The highest BCUT2D eigenvalue weighted by molar-refractivity contribution is 6.30. The van der Waals surface area contributed by atoms with E-state index in [0.717, 1.165) is 48.2 Å². The Balaban J connectivity index is 1.52. The molecule has 0 amide bonds. The van der Waals surface area contributed by atoms with Crippen molar-refractivity contribution in [1.29, 1.82) is 0 Å². The molecule has 126 valence electrons. The van der Waals surface area contributed by atoms with Crippen molar-refractivity contribution in [2.24, 2.45) is 0 Å². The highest BCUT2D eigenvalue weighted by Gasteiger charge is 2.19. The zero-order valence-corrected chi connectivity index (χ0v) is 14.9. The van der Waals surface area contributed by atoms with Crippen LogP contribution >= 0.6 is 11.6 Å². The van der Waals surface area contributed by atoms with Crippen LogP contribution in [0.15, 0.2) is 48.9 Å². The normalized spacial score (nSPS) is 14.3. The van der Waals surface area contributed by atoms with Gasteiger partial charge in [0.25, 0.3) is 0 Å². The van der Waals surface area contributed by atoms with Gasteiger partial charge in [0.2, 0.25) is 0 Å². The van der Waals surface area contributed by atoms with Gasteiger partial charge < -0.3 is 0 Å². The molecule has 0 spiro atoms. The first kappa shape index (κ1) is 16.2. The van der Waals surface area contributed by atoms with Crippen molar-refractivity contribution in [3.8, 4) is 11.4 Å². The van der Waals surface area contributed by atoms with Gasteiger partial charge in [-0.05, 0) is 48.4 Å². The van der Waals surface area contributed by atoms with Crippen molar-refractivity contribution in [3.63, 3.8) is 0 Å². The van der Waals surface area contributed by atoms with Gasteiger partial charge in [0, 0.05) is 60.8 Å². The molecule has 0 radical (unpaired) electrons. The summed E-state index contributed by atoms with van der Waals surface area (Å²) < 4.78 is 0. The van der Waals surface area contributed by atoms with Crippen molar-refractivity contribution in [3.05, 3.63) is 76.3 Å². The van der Waals surface area contributed by atoms with Crippen LogP contribution in [0.2, 0.25) is 5.02 Å². The standard InChI is InChI=1S/C20H19ClN4/c1-14-6-8-22-10-16(14)12-25-9-7-19-17(13-25)11-23-20(24-19)15-2-4-18(21)5-3-15/h2-6,8,10-11H,7,9,12-13H2,1H3. The van der Waals surface area contributed by atoms with E-state index in [-0.39, 0.29) is 0 Å². The lowest BCUT2D eigenvalue weighted by Crippen LogP contribution is -2.31. The molecule has 0 fully saturated rings. The number of pyridine rings is 1. The predicted octanol–water partition coefficient (Wildman–Crippen LogP) is 4.06. The molecule has 1 aliphatic heterocycles. The number of hydrogen-bond donors (Lipinski definition) is 0. The van der Waals surface area contributed by atoms with Gasteiger partial charge in [0.15, 0.2) is 5.82 Å².